The molecule has 2 aromatic rings. The average molecular weight is 286 g/mol. The van der Waals surface area contributed by atoms with Crippen LogP contribution in [0.2, 0.25) is 0 Å². The first-order chi connectivity index (χ1) is 10.0. The smallest absolute Gasteiger partial charge is 0.308 e. The van der Waals surface area contributed by atoms with Crippen LogP contribution in [0.4, 0.5) is 0 Å². The maximum Gasteiger partial charge on any atom is 0.308 e. The average Bonchev–Trinajstić information content (AvgIpc) is 2.96. The van der Waals surface area contributed by atoms with Crippen LogP contribution in [0.1, 0.15) is 24.2 Å². The number of amides is 1. The van der Waals surface area contributed by atoms with E-state index < -0.39 is 17.9 Å². The first kappa shape index (κ1) is 14.8. The largest absolute Gasteiger partial charge is 0.481 e. The Morgan fingerprint density at radius 1 is 1.14 bits per heavy atom. The summed E-state index contributed by atoms with van der Waals surface area (Å²) < 4.78 is 0. The number of carboxylic acids is 1. The number of hydrogen-bond acceptors (Lipinski definition) is 2. The van der Waals surface area contributed by atoms with E-state index in [0.29, 0.717) is 5.56 Å². The second-order valence-electron chi connectivity index (χ2n) is 5.04. The van der Waals surface area contributed by atoms with Gasteiger partial charge in [-0.05, 0) is 19.4 Å². The summed E-state index contributed by atoms with van der Waals surface area (Å²) in [5.74, 6) is -1.86. The Hall–Kier alpha value is -2.56. The predicted molar refractivity (Wildman–Crippen MR) is 80.0 cm³/mol. The van der Waals surface area contributed by atoms with Gasteiger partial charge >= 0.3 is 5.97 Å². The number of aromatic nitrogens is 1. The van der Waals surface area contributed by atoms with Crippen molar-refractivity contribution in [3.8, 4) is 11.1 Å². The summed E-state index contributed by atoms with van der Waals surface area (Å²) in [7, 11) is 0. The fourth-order valence-corrected chi connectivity index (χ4v) is 2.03. The van der Waals surface area contributed by atoms with Crippen LogP contribution in [-0.4, -0.2) is 28.0 Å². The van der Waals surface area contributed by atoms with E-state index >= 15 is 0 Å². The molecule has 2 rings (SSSR count). The molecule has 0 fully saturated rings. The van der Waals surface area contributed by atoms with E-state index in [1.807, 2.05) is 30.3 Å². The fraction of sp³-hybridized carbons (Fsp3) is 0.250. The van der Waals surface area contributed by atoms with Crippen molar-refractivity contribution in [1.82, 2.24) is 10.3 Å². The number of hydrogen-bond donors (Lipinski definition) is 3. The van der Waals surface area contributed by atoms with E-state index in [9.17, 15) is 9.59 Å². The molecular weight excluding hydrogens is 268 g/mol. The van der Waals surface area contributed by atoms with Crippen molar-refractivity contribution in [2.75, 3.05) is 0 Å². The minimum Gasteiger partial charge on any atom is -0.481 e. The molecule has 0 aliphatic carbocycles. The Kier molecular flexibility index (Phi) is 4.42. The van der Waals surface area contributed by atoms with Crippen molar-refractivity contribution in [3.05, 3.63) is 48.3 Å². The van der Waals surface area contributed by atoms with Crippen molar-refractivity contribution in [3.63, 3.8) is 0 Å². The van der Waals surface area contributed by atoms with E-state index in [1.54, 1.807) is 26.2 Å². The summed E-state index contributed by atoms with van der Waals surface area (Å²) in [5, 5.41) is 11.7. The van der Waals surface area contributed by atoms with Crippen molar-refractivity contribution in [2.24, 2.45) is 5.92 Å². The molecule has 0 saturated carbocycles. The number of carboxylic acid groups (broad SMARTS) is 1. The van der Waals surface area contributed by atoms with Crippen LogP contribution in [0.15, 0.2) is 42.7 Å². The van der Waals surface area contributed by atoms with Crippen LogP contribution in [0.3, 0.4) is 0 Å². The first-order valence-electron chi connectivity index (χ1n) is 6.76. The third-order valence-electron chi connectivity index (χ3n) is 3.57. The van der Waals surface area contributed by atoms with Crippen molar-refractivity contribution < 1.29 is 14.7 Å². The van der Waals surface area contributed by atoms with Crippen LogP contribution in [0, 0.1) is 5.92 Å². The maximum absolute atomic E-state index is 12.3. The molecule has 5 nitrogen and oxygen atoms in total. The Labute approximate surface area is 123 Å². The zero-order chi connectivity index (χ0) is 15.4. The molecule has 3 N–H and O–H groups in total. The number of carbonyl (C=O) groups is 2. The SMILES string of the molecule is CC(NC(=O)c1c[nH]cc1-c1ccccc1)C(C)C(=O)O. The lowest BCUT2D eigenvalue weighted by molar-refractivity contribution is -0.141. The van der Waals surface area contributed by atoms with Crippen molar-refractivity contribution >= 4 is 11.9 Å². The number of carbonyl (C=O) groups excluding carboxylic acids is 1. The lowest BCUT2D eigenvalue weighted by atomic mass is 10.0. The van der Waals surface area contributed by atoms with Gasteiger partial charge in [0.1, 0.15) is 0 Å². The molecular formula is C16H18N2O3. The second kappa shape index (κ2) is 6.26. The standard InChI is InChI=1S/C16H18N2O3/c1-10(16(20)21)11(2)18-15(19)14-9-17-8-13(14)12-6-4-3-5-7-12/h3-11,17H,1-2H3,(H,18,19)(H,20,21). The normalized spacial score (nSPS) is 13.4. The topological polar surface area (TPSA) is 82.2 Å². The Morgan fingerprint density at radius 2 is 1.81 bits per heavy atom. The third kappa shape index (κ3) is 3.31. The minimum atomic E-state index is -0.930. The molecule has 110 valence electrons. The molecule has 1 amide bonds. The predicted octanol–water partition coefficient (Wildman–Crippen LogP) is 2.52. The molecule has 0 aliphatic rings. The van der Waals surface area contributed by atoms with E-state index in [0.717, 1.165) is 11.1 Å². The van der Waals surface area contributed by atoms with Crippen molar-refractivity contribution in [2.45, 2.75) is 19.9 Å². The zero-order valence-electron chi connectivity index (χ0n) is 12.0. The first-order valence-corrected chi connectivity index (χ1v) is 6.76. The van der Waals surface area contributed by atoms with E-state index in [2.05, 4.69) is 10.3 Å². The molecule has 2 atom stereocenters. The summed E-state index contributed by atoms with van der Waals surface area (Å²) in [6.45, 7) is 3.26. The van der Waals surface area contributed by atoms with Gasteiger partial charge in [0.05, 0.1) is 11.5 Å². The second-order valence-corrected chi connectivity index (χ2v) is 5.04. The minimum absolute atomic E-state index is 0.282. The summed E-state index contributed by atoms with van der Waals surface area (Å²) in [6, 6.07) is 9.10. The molecule has 0 saturated heterocycles. The molecule has 1 aromatic carbocycles. The molecule has 5 heteroatoms. The molecule has 0 aliphatic heterocycles. The van der Waals surface area contributed by atoms with Crippen LogP contribution < -0.4 is 5.32 Å². The summed E-state index contributed by atoms with van der Waals surface area (Å²) >= 11 is 0. The van der Waals surface area contributed by atoms with Crippen LogP contribution in [0.5, 0.6) is 0 Å². The molecule has 21 heavy (non-hydrogen) atoms. The van der Waals surface area contributed by atoms with Gasteiger partial charge in [-0.25, -0.2) is 0 Å². The molecule has 1 aromatic heterocycles. The Bertz CT molecular complexity index is 634. The van der Waals surface area contributed by atoms with Gasteiger partial charge in [0.2, 0.25) is 0 Å². The Morgan fingerprint density at radius 3 is 2.43 bits per heavy atom. The number of benzene rings is 1. The van der Waals surface area contributed by atoms with Gasteiger partial charge in [-0.3, -0.25) is 9.59 Å². The lowest BCUT2D eigenvalue weighted by Crippen LogP contribution is -2.40. The monoisotopic (exact) mass is 286 g/mol. The Balaban J connectivity index is 2.18. The summed E-state index contributed by atoms with van der Waals surface area (Å²) in [4.78, 5) is 26.2. The highest BCUT2D eigenvalue weighted by atomic mass is 16.4. The van der Waals surface area contributed by atoms with Gasteiger partial charge in [-0.2, -0.15) is 0 Å². The van der Waals surface area contributed by atoms with E-state index in [1.165, 1.54) is 0 Å². The molecule has 2 unspecified atom stereocenters. The summed E-state index contributed by atoms with van der Waals surface area (Å²) in [6.07, 6.45) is 3.38. The highest BCUT2D eigenvalue weighted by molar-refractivity contribution is 6.01. The highest BCUT2D eigenvalue weighted by Gasteiger charge is 2.23. The summed E-state index contributed by atoms with van der Waals surface area (Å²) in [5.41, 5.74) is 2.23. The van der Waals surface area contributed by atoms with Gasteiger partial charge in [0.25, 0.3) is 5.91 Å². The van der Waals surface area contributed by atoms with Gasteiger partial charge in [-0.1, -0.05) is 30.3 Å². The molecule has 1 heterocycles. The van der Waals surface area contributed by atoms with Gasteiger partial charge in [0.15, 0.2) is 0 Å². The molecule has 0 radical (unpaired) electrons. The quantitative estimate of drug-likeness (QED) is 0.790. The maximum atomic E-state index is 12.3. The zero-order valence-corrected chi connectivity index (χ0v) is 12.0. The van der Waals surface area contributed by atoms with Crippen molar-refractivity contribution in [1.29, 1.82) is 0 Å². The van der Waals surface area contributed by atoms with Crippen LogP contribution in [-0.2, 0) is 4.79 Å². The highest BCUT2D eigenvalue weighted by Crippen LogP contribution is 2.23. The van der Waals surface area contributed by atoms with E-state index in [4.69, 9.17) is 5.11 Å². The van der Waals surface area contributed by atoms with Gasteiger partial charge in [0, 0.05) is 24.0 Å². The number of aromatic amines is 1. The molecule has 0 bridgehead atoms. The lowest BCUT2D eigenvalue weighted by Gasteiger charge is -2.17. The fourth-order valence-electron chi connectivity index (χ4n) is 2.03. The number of aliphatic carboxylic acids is 1. The number of nitrogens with one attached hydrogen (secondary N) is 2. The third-order valence-corrected chi connectivity index (χ3v) is 3.57. The van der Waals surface area contributed by atoms with E-state index in [-0.39, 0.29) is 5.91 Å². The van der Waals surface area contributed by atoms with Gasteiger partial charge < -0.3 is 15.4 Å². The number of rotatable bonds is 5. The van der Waals surface area contributed by atoms with Crippen LogP contribution in [0.25, 0.3) is 11.1 Å². The van der Waals surface area contributed by atoms with Gasteiger partial charge in [-0.15, -0.1) is 0 Å². The molecule has 0 spiro atoms. The number of H-pyrrole nitrogens is 1. The van der Waals surface area contributed by atoms with Crippen LogP contribution >= 0.6 is 0 Å².